The number of unbranched alkanes of at least 4 members (excludes halogenated alkanes) is 6. The molecule has 0 radical (unpaired) electrons. The number of nitrogens with two attached hydrogens (primary N) is 2. The molecule has 0 fully saturated rings. The molecule has 0 bridgehead atoms. The number of rotatable bonds is 15. The standard InChI is InChI=1S/C30H38N4O4/c31-25(17-5-1-3-11-19-33-27(35)21-13-7-8-14-22(21)28(33)36)26(32)18-6-2-4-12-20-34-29(37)23-15-9-10-16-24(23)30(34)38/h7-10,13-16,25-26H,1-6,11-12,17-20,31-32H2. The molecule has 2 atom stereocenters. The van der Waals surface area contributed by atoms with Gasteiger partial charge in [-0.3, -0.25) is 29.0 Å². The normalized spacial score (nSPS) is 16.3. The molecular formula is C30H38N4O4. The van der Waals surface area contributed by atoms with Crippen molar-refractivity contribution in [1.82, 2.24) is 9.80 Å². The van der Waals surface area contributed by atoms with Crippen LogP contribution in [0, 0.1) is 0 Å². The molecule has 38 heavy (non-hydrogen) atoms. The third kappa shape index (κ3) is 6.19. The molecule has 4 rings (SSSR count). The van der Waals surface area contributed by atoms with Crippen LogP contribution >= 0.6 is 0 Å². The first kappa shape index (κ1) is 27.7. The van der Waals surface area contributed by atoms with Crippen LogP contribution in [0.3, 0.4) is 0 Å². The average molecular weight is 519 g/mol. The molecule has 2 aromatic carbocycles. The number of nitrogens with zero attached hydrogens (tertiary/aromatic N) is 2. The molecule has 2 aromatic rings. The molecule has 0 spiro atoms. The van der Waals surface area contributed by atoms with Crippen LogP contribution in [0.15, 0.2) is 48.5 Å². The van der Waals surface area contributed by atoms with E-state index in [-0.39, 0.29) is 35.7 Å². The summed E-state index contributed by atoms with van der Waals surface area (Å²) in [6.45, 7) is 0.899. The van der Waals surface area contributed by atoms with E-state index >= 15 is 0 Å². The minimum atomic E-state index is -0.192. The first-order valence-corrected chi connectivity index (χ1v) is 13.8. The highest BCUT2D eigenvalue weighted by atomic mass is 16.2. The molecule has 2 unspecified atom stereocenters. The lowest BCUT2D eigenvalue weighted by atomic mass is 9.97. The first-order chi connectivity index (χ1) is 18.4. The molecule has 0 aromatic heterocycles. The maximum absolute atomic E-state index is 12.4. The summed E-state index contributed by atoms with van der Waals surface area (Å²) in [7, 11) is 0. The summed E-state index contributed by atoms with van der Waals surface area (Å²) in [6, 6.07) is 13.8. The van der Waals surface area contributed by atoms with Crippen LogP contribution in [0.1, 0.15) is 106 Å². The van der Waals surface area contributed by atoms with E-state index in [0.717, 1.165) is 64.2 Å². The van der Waals surface area contributed by atoms with Gasteiger partial charge < -0.3 is 11.5 Å². The summed E-state index contributed by atoms with van der Waals surface area (Å²) in [4.78, 5) is 52.3. The van der Waals surface area contributed by atoms with Crippen LogP contribution in [0.4, 0.5) is 0 Å². The minimum absolute atomic E-state index is 0.0513. The summed E-state index contributed by atoms with van der Waals surface area (Å²) in [5.74, 6) is -0.770. The summed E-state index contributed by atoms with van der Waals surface area (Å²) >= 11 is 0. The zero-order valence-electron chi connectivity index (χ0n) is 21.9. The number of benzene rings is 2. The van der Waals surface area contributed by atoms with E-state index in [0.29, 0.717) is 35.3 Å². The monoisotopic (exact) mass is 518 g/mol. The second-order valence-corrected chi connectivity index (χ2v) is 10.3. The lowest BCUT2D eigenvalue weighted by Gasteiger charge is -2.20. The second-order valence-electron chi connectivity index (χ2n) is 10.3. The van der Waals surface area contributed by atoms with Crippen molar-refractivity contribution in [3.63, 3.8) is 0 Å². The van der Waals surface area contributed by atoms with E-state index < -0.39 is 0 Å². The van der Waals surface area contributed by atoms with Gasteiger partial charge in [0.15, 0.2) is 0 Å². The molecule has 0 aliphatic carbocycles. The van der Waals surface area contributed by atoms with Crippen LogP contribution < -0.4 is 11.5 Å². The summed E-state index contributed by atoms with van der Waals surface area (Å²) in [6.07, 6.45) is 9.06. The SMILES string of the molecule is NC(CCCCCCN1C(=O)c2ccccc2C1=O)C(N)CCCCCCN1C(=O)c2ccccc2C1=O. The van der Waals surface area contributed by atoms with E-state index in [2.05, 4.69) is 0 Å². The van der Waals surface area contributed by atoms with Gasteiger partial charge >= 0.3 is 0 Å². The third-order valence-electron chi connectivity index (χ3n) is 7.64. The number of fused-ring (bicyclic) bond motifs is 2. The van der Waals surface area contributed by atoms with Gasteiger partial charge in [0.25, 0.3) is 23.6 Å². The average Bonchev–Trinajstić information content (AvgIpc) is 3.32. The zero-order chi connectivity index (χ0) is 27.1. The van der Waals surface area contributed by atoms with Crippen molar-refractivity contribution in [3.05, 3.63) is 70.8 Å². The Morgan fingerprint density at radius 1 is 0.474 bits per heavy atom. The number of hydrogen-bond donors (Lipinski definition) is 2. The Balaban J connectivity index is 1.02. The molecule has 0 saturated heterocycles. The van der Waals surface area contributed by atoms with E-state index in [1.54, 1.807) is 48.5 Å². The van der Waals surface area contributed by atoms with Crippen molar-refractivity contribution in [2.45, 2.75) is 76.3 Å². The van der Waals surface area contributed by atoms with Crippen LogP contribution in [0.2, 0.25) is 0 Å². The number of imide groups is 2. The predicted molar refractivity (Wildman–Crippen MR) is 146 cm³/mol. The summed E-state index contributed by atoms with van der Waals surface area (Å²) in [5, 5.41) is 0. The van der Waals surface area contributed by atoms with Crippen LogP contribution in [0.25, 0.3) is 0 Å². The van der Waals surface area contributed by atoms with E-state index in [4.69, 9.17) is 11.5 Å². The molecule has 0 saturated carbocycles. The van der Waals surface area contributed by atoms with Gasteiger partial charge in [0, 0.05) is 25.2 Å². The van der Waals surface area contributed by atoms with Crippen LogP contribution in [0.5, 0.6) is 0 Å². The van der Waals surface area contributed by atoms with Crippen molar-refractivity contribution < 1.29 is 19.2 Å². The van der Waals surface area contributed by atoms with Gasteiger partial charge in [0.2, 0.25) is 0 Å². The fourth-order valence-electron chi connectivity index (χ4n) is 5.32. The van der Waals surface area contributed by atoms with Crippen LogP contribution in [-0.2, 0) is 0 Å². The Kier molecular flexibility index (Phi) is 9.42. The molecule has 4 N–H and O–H groups in total. The van der Waals surface area contributed by atoms with Gasteiger partial charge in [0.05, 0.1) is 22.3 Å². The highest BCUT2D eigenvalue weighted by Gasteiger charge is 2.35. The van der Waals surface area contributed by atoms with Crippen LogP contribution in [-0.4, -0.2) is 58.6 Å². The zero-order valence-corrected chi connectivity index (χ0v) is 21.9. The Bertz CT molecular complexity index is 1020. The molecule has 2 aliphatic rings. The van der Waals surface area contributed by atoms with Gasteiger partial charge in [-0.1, -0.05) is 62.8 Å². The van der Waals surface area contributed by atoms with Crippen molar-refractivity contribution in [2.75, 3.05) is 13.1 Å². The highest BCUT2D eigenvalue weighted by molar-refractivity contribution is 6.22. The van der Waals surface area contributed by atoms with Gasteiger partial charge in [-0.15, -0.1) is 0 Å². The molecule has 8 nitrogen and oxygen atoms in total. The van der Waals surface area contributed by atoms with Gasteiger partial charge in [-0.05, 0) is 49.9 Å². The number of hydrogen-bond acceptors (Lipinski definition) is 6. The summed E-state index contributed by atoms with van der Waals surface area (Å²) in [5.41, 5.74) is 14.6. The summed E-state index contributed by atoms with van der Waals surface area (Å²) < 4.78 is 0. The number of carbonyl (C=O) groups excluding carboxylic acids is 4. The van der Waals surface area contributed by atoms with Crippen molar-refractivity contribution >= 4 is 23.6 Å². The maximum Gasteiger partial charge on any atom is 0.261 e. The predicted octanol–water partition coefficient (Wildman–Crippen LogP) is 4.13. The molecule has 2 heterocycles. The highest BCUT2D eigenvalue weighted by Crippen LogP contribution is 2.24. The van der Waals surface area contributed by atoms with Crippen molar-refractivity contribution in [2.24, 2.45) is 11.5 Å². The molecule has 2 aliphatic heterocycles. The fourth-order valence-corrected chi connectivity index (χ4v) is 5.32. The van der Waals surface area contributed by atoms with E-state index in [1.807, 2.05) is 0 Å². The van der Waals surface area contributed by atoms with E-state index in [1.165, 1.54) is 9.80 Å². The second kappa shape index (κ2) is 12.9. The minimum Gasteiger partial charge on any atom is -0.326 e. The largest absolute Gasteiger partial charge is 0.326 e. The quantitative estimate of drug-likeness (QED) is 0.270. The Morgan fingerprint density at radius 2 is 0.763 bits per heavy atom. The first-order valence-electron chi connectivity index (χ1n) is 13.8. The maximum atomic E-state index is 12.4. The number of carbonyl (C=O) groups is 4. The van der Waals surface area contributed by atoms with Gasteiger partial charge in [0.1, 0.15) is 0 Å². The topological polar surface area (TPSA) is 127 Å². The number of amides is 4. The molecule has 4 amide bonds. The van der Waals surface area contributed by atoms with E-state index in [9.17, 15) is 19.2 Å². The van der Waals surface area contributed by atoms with Crippen molar-refractivity contribution in [3.8, 4) is 0 Å². The van der Waals surface area contributed by atoms with Crippen molar-refractivity contribution in [1.29, 1.82) is 0 Å². The third-order valence-corrected chi connectivity index (χ3v) is 7.64. The lowest BCUT2D eigenvalue weighted by Crippen LogP contribution is -2.41. The molecule has 8 heteroatoms. The Hall–Kier alpha value is -3.36. The van der Waals surface area contributed by atoms with Gasteiger partial charge in [-0.25, -0.2) is 0 Å². The Labute approximate surface area is 224 Å². The lowest BCUT2D eigenvalue weighted by molar-refractivity contribution is 0.0636. The Morgan fingerprint density at radius 3 is 1.08 bits per heavy atom. The molecular weight excluding hydrogens is 480 g/mol. The fraction of sp³-hybridized carbons (Fsp3) is 0.467. The molecule has 202 valence electrons. The smallest absolute Gasteiger partial charge is 0.261 e. The van der Waals surface area contributed by atoms with Gasteiger partial charge in [-0.2, -0.15) is 0 Å².